The van der Waals surface area contributed by atoms with Crippen LogP contribution in [0.25, 0.3) is 0 Å². The Kier molecular flexibility index (Phi) is 6.74. The molecule has 9 heteroatoms. The van der Waals surface area contributed by atoms with Crippen molar-refractivity contribution in [3.63, 3.8) is 0 Å². The minimum Gasteiger partial charge on any atom is -0.490 e. The van der Waals surface area contributed by atoms with Gasteiger partial charge in [-0.25, -0.2) is 17.5 Å². The SMILES string of the molecule is CS(=O)(=O)NC(=O)c1cc(C2CC2)c(CN2CCC(Oc3ccc(Cl)cc3)CC2)cc1F. The Hall–Kier alpha value is -2.16. The van der Waals surface area contributed by atoms with E-state index in [0.717, 1.165) is 61.9 Å². The van der Waals surface area contributed by atoms with Crippen LogP contribution in [0.4, 0.5) is 4.39 Å². The Balaban J connectivity index is 1.41. The van der Waals surface area contributed by atoms with Crippen molar-refractivity contribution >= 4 is 27.5 Å². The van der Waals surface area contributed by atoms with Crippen LogP contribution in [0.2, 0.25) is 5.02 Å². The second kappa shape index (κ2) is 9.37. The maximum Gasteiger partial charge on any atom is 0.267 e. The first-order valence-electron chi connectivity index (χ1n) is 10.7. The number of sulfonamides is 1. The van der Waals surface area contributed by atoms with Crippen LogP contribution in [0.3, 0.4) is 0 Å². The molecule has 0 unspecified atom stereocenters. The first-order chi connectivity index (χ1) is 15.2. The van der Waals surface area contributed by atoms with Crippen molar-refractivity contribution in [1.82, 2.24) is 9.62 Å². The minimum absolute atomic E-state index is 0.120. The maximum atomic E-state index is 14.7. The third-order valence-electron chi connectivity index (χ3n) is 5.81. The van der Waals surface area contributed by atoms with E-state index in [1.807, 2.05) is 16.9 Å². The van der Waals surface area contributed by atoms with E-state index in [2.05, 4.69) is 4.90 Å². The number of ether oxygens (including phenoxy) is 1. The summed E-state index contributed by atoms with van der Waals surface area (Å²) in [7, 11) is -3.76. The van der Waals surface area contributed by atoms with E-state index >= 15 is 0 Å². The summed E-state index contributed by atoms with van der Waals surface area (Å²) in [5, 5.41) is 0.672. The molecule has 1 aliphatic heterocycles. The van der Waals surface area contributed by atoms with Gasteiger partial charge in [-0.1, -0.05) is 11.6 Å². The van der Waals surface area contributed by atoms with Gasteiger partial charge in [0.25, 0.3) is 5.91 Å². The lowest BCUT2D eigenvalue weighted by atomic mass is 9.97. The van der Waals surface area contributed by atoms with E-state index in [1.54, 1.807) is 12.1 Å². The van der Waals surface area contributed by atoms with Crippen LogP contribution < -0.4 is 9.46 Å². The zero-order valence-corrected chi connectivity index (χ0v) is 19.4. The molecule has 1 heterocycles. The summed E-state index contributed by atoms with van der Waals surface area (Å²) < 4.78 is 45.4. The Morgan fingerprint density at radius 1 is 1.16 bits per heavy atom. The molecule has 0 radical (unpaired) electrons. The van der Waals surface area contributed by atoms with Crippen molar-refractivity contribution in [3.05, 3.63) is 63.9 Å². The van der Waals surface area contributed by atoms with E-state index in [9.17, 15) is 17.6 Å². The standard InChI is InChI=1S/C23H26ClFN2O4S/c1-32(29,30)26-23(28)21-13-20(15-2-3-15)16(12-22(21)25)14-27-10-8-19(9-11-27)31-18-6-4-17(24)5-7-18/h4-7,12-13,15,19H,2-3,8-11,14H2,1H3,(H,26,28). The summed E-state index contributed by atoms with van der Waals surface area (Å²) in [6.07, 6.45) is 4.69. The number of carbonyl (C=O) groups excluding carboxylic acids is 1. The van der Waals surface area contributed by atoms with Gasteiger partial charge in [0.2, 0.25) is 10.0 Å². The summed E-state index contributed by atoms with van der Waals surface area (Å²) in [5.74, 6) is -0.541. The zero-order valence-electron chi connectivity index (χ0n) is 17.8. The third kappa shape index (κ3) is 5.99. The van der Waals surface area contributed by atoms with Gasteiger partial charge in [-0.15, -0.1) is 0 Å². The van der Waals surface area contributed by atoms with Crippen LogP contribution in [-0.4, -0.2) is 44.7 Å². The number of carbonyl (C=O) groups is 1. The van der Waals surface area contributed by atoms with Crippen molar-refractivity contribution in [3.8, 4) is 5.75 Å². The van der Waals surface area contributed by atoms with Crippen LogP contribution in [0, 0.1) is 5.82 Å². The summed E-state index contributed by atoms with van der Waals surface area (Å²) in [5.41, 5.74) is 1.57. The fourth-order valence-corrected chi connectivity index (χ4v) is 4.64. The number of hydrogen-bond donors (Lipinski definition) is 1. The molecule has 172 valence electrons. The Labute approximate surface area is 192 Å². The molecule has 1 aliphatic carbocycles. The molecule has 0 atom stereocenters. The highest BCUT2D eigenvalue weighted by molar-refractivity contribution is 7.89. The van der Waals surface area contributed by atoms with Crippen LogP contribution >= 0.6 is 11.6 Å². The first-order valence-corrected chi connectivity index (χ1v) is 12.9. The summed E-state index contributed by atoms with van der Waals surface area (Å²) in [6, 6.07) is 10.3. The number of benzene rings is 2. The molecule has 1 saturated heterocycles. The van der Waals surface area contributed by atoms with Gasteiger partial charge in [0.15, 0.2) is 0 Å². The van der Waals surface area contributed by atoms with Gasteiger partial charge in [-0.3, -0.25) is 9.69 Å². The van der Waals surface area contributed by atoms with Gasteiger partial charge in [0, 0.05) is 24.7 Å². The molecule has 2 aliphatic rings. The second-order valence-corrected chi connectivity index (χ2v) is 10.7. The monoisotopic (exact) mass is 480 g/mol. The van der Waals surface area contributed by atoms with Crippen molar-refractivity contribution in [2.45, 2.75) is 44.2 Å². The topological polar surface area (TPSA) is 75.7 Å². The van der Waals surface area contributed by atoms with Crippen molar-refractivity contribution in [1.29, 1.82) is 0 Å². The fourth-order valence-electron chi connectivity index (χ4n) is 4.07. The van der Waals surface area contributed by atoms with Gasteiger partial charge in [-0.2, -0.15) is 0 Å². The number of piperidine rings is 1. The van der Waals surface area contributed by atoms with Gasteiger partial charge in [0.05, 0.1) is 11.8 Å². The summed E-state index contributed by atoms with van der Waals surface area (Å²) in [4.78, 5) is 14.5. The number of halogens is 2. The first kappa shape index (κ1) is 23.0. The van der Waals surface area contributed by atoms with Gasteiger partial charge in [0.1, 0.15) is 17.7 Å². The molecular formula is C23H26ClFN2O4S. The van der Waals surface area contributed by atoms with E-state index in [-0.39, 0.29) is 11.7 Å². The number of amides is 1. The number of nitrogens with one attached hydrogen (secondary N) is 1. The van der Waals surface area contributed by atoms with Crippen molar-refractivity contribution in [2.75, 3.05) is 19.3 Å². The lowest BCUT2D eigenvalue weighted by Crippen LogP contribution is -2.38. The largest absolute Gasteiger partial charge is 0.490 e. The number of rotatable bonds is 7. The van der Waals surface area contributed by atoms with Crippen molar-refractivity contribution in [2.24, 2.45) is 0 Å². The predicted molar refractivity (Wildman–Crippen MR) is 121 cm³/mol. The molecular weight excluding hydrogens is 455 g/mol. The Morgan fingerprint density at radius 2 is 1.81 bits per heavy atom. The number of hydrogen-bond acceptors (Lipinski definition) is 5. The molecule has 0 aromatic heterocycles. The normalized spacial score (nSPS) is 17.8. The fraction of sp³-hybridized carbons (Fsp3) is 0.435. The molecule has 6 nitrogen and oxygen atoms in total. The molecule has 1 amide bonds. The molecule has 2 aromatic rings. The molecule has 1 N–H and O–H groups in total. The smallest absolute Gasteiger partial charge is 0.267 e. The number of likely N-dealkylation sites (tertiary alicyclic amines) is 1. The molecule has 0 spiro atoms. The second-order valence-electron chi connectivity index (χ2n) is 8.56. The highest BCUT2D eigenvalue weighted by Crippen LogP contribution is 2.43. The summed E-state index contributed by atoms with van der Waals surface area (Å²) in [6.45, 7) is 2.23. The molecule has 0 bridgehead atoms. The summed E-state index contributed by atoms with van der Waals surface area (Å²) >= 11 is 5.92. The highest BCUT2D eigenvalue weighted by Gasteiger charge is 2.30. The van der Waals surface area contributed by atoms with Crippen molar-refractivity contribution < 1.29 is 22.3 Å². The molecule has 1 saturated carbocycles. The van der Waals surface area contributed by atoms with Crippen LogP contribution in [0.1, 0.15) is 53.1 Å². The van der Waals surface area contributed by atoms with E-state index < -0.39 is 21.7 Å². The maximum absolute atomic E-state index is 14.7. The van der Waals surface area contributed by atoms with Crippen LogP contribution in [0.15, 0.2) is 36.4 Å². The van der Waals surface area contributed by atoms with E-state index in [1.165, 1.54) is 12.1 Å². The van der Waals surface area contributed by atoms with Gasteiger partial charge < -0.3 is 4.74 Å². The quantitative estimate of drug-likeness (QED) is 0.646. The average molecular weight is 481 g/mol. The molecule has 32 heavy (non-hydrogen) atoms. The van der Waals surface area contributed by atoms with E-state index in [0.29, 0.717) is 17.5 Å². The molecule has 4 rings (SSSR count). The highest BCUT2D eigenvalue weighted by atomic mass is 35.5. The zero-order chi connectivity index (χ0) is 22.9. The Bertz CT molecular complexity index is 1100. The van der Waals surface area contributed by atoms with E-state index in [4.69, 9.17) is 16.3 Å². The van der Waals surface area contributed by atoms with Crippen LogP contribution in [-0.2, 0) is 16.6 Å². The predicted octanol–water partition coefficient (Wildman–Crippen LogP) is 4.09. The Morgan fingerprint density at radius 3 is 2.41 bits per heavy atom. The third-order valence-corrected chi connectivity index (χ3v) is 6.62. The number of nitrogens with zero attached hydrogens (tertiary/aromatic N) is 1. The lowest BCUT2D eigenvalue weighted by Gasteiger charge is -2.32. The molecule has 2 aromatic carbocycles. The lowest BCUT2D eigenvalue weighted by molar-refractivity contribution is 0.0961. The molecule has 2 fully saturated rings. The minimum atomic E-state index is -3.76. The van der Waals surface area contributed by atoms with Gasteiger partial charge >= 0.3 is 0 Å². The van der Waals surface area contributed by atoms with Crippen LogP contribution in [0.5, 0.6) is 5.75 Å². The average Bonchev–Trinajstić information content (AvgIpc) is 3.55. The van der Waals surface area contributed by atoms with Gasteiger partial charge in [-0.05, 0) is 79.1 Å².